The number of aromatic nitrogens is 3. The van der Waals surface area contributed by atoms with Crippen molar-refractivity contribution in [2.75, 3.05) is 7.11 Å². The number of hydrogen-bond acceptors (Lipinski definition) is 4. The van der Waals surface area contributed by atoms with Gasteiger partial charge in [0.2, 0.25) is 0 Å². The normalized spacial score (nSPS) is 10.7. The van der Waals surface area contributed by atoms with Gasteiger partial charge in [-0.3, -0.25) is 0 Å². The molecule has 0 aliphatic heterocycles. The zero-order valence-corrected chi connectivity index (χ0v) is 10.6. The average Bonchev–Trinajstić information content (AvgIpc) is 2.89. The quantitative estimate of drug-likeness (QED) is 0.671. The van der Waals surface area contributed by atoms with Crippen LogP contribution < -0.4 is 0 Å². The van der Waals surface area contributed by atoms with E-state index in [9.17, 15) is 9.18 Å². The average molecular weight is 271 g/mol. The van der Waals surface area contributed by atoms with Crippen LogP contribution in [0.1, 0.15) is 10.4 Å². The van der Waals surface area contributed by atoms with Crippen molar-refractivity contribution in [3.05, 3.63) is 54.0 Å². The Kier molecular flexibility index (Phi) is 2.90. The molecule has 0 unspecified atom stereocenters. The topological polar surface area (TPSA) is 56.5 Å². The van der Waals surface area contributed by atoms with Crippen molar-refractivity contribution in [2.24, 2.45) is 0 Å². The number of esters is 1. The van der Waals surface area contributed by atoms with Crippen LogP contribution in [0.25, 0.3) is 17.0 Å². The first kappa shape index (κ1) is 12.3. The number of rotatable bonds is 2. The van der Waals surface area contributed by atoms with Crippen LogP contribution in [-0.2, 0) is 4.74 Å². The van der Waals surface area contributed by atoms with Crippen LogP contribution in [0, 0.1) is 5.82 Å². The fourth-order valence-corrected chi connectivity index (χ4v) is 1.87. The van der Waals surface area contributed by atoms with Crippen molar-refractivity contribution in [2.45, 2.75) is 0 Å². The summed E-state index contributed by atoms with van der Waals surface area (Å²) in [5.41, 5.74) is 1.51. The van der Waals surface area contributed by atoms with Gasteiger partial charge in [-0.05, 0) is 24.3 Å². The molecular formula is C14H10FN3O2. The fourth-order valence-electron chi connectivity index (χ4n) is 1.87. The highest BCUT2D eigenvalue weighted by Gasteiger charge is 2.10. The van der Waals surface area contributed by atoms with E-state index in [4.69, 9.17) is 0 Å². The molecule has 0 radical (unpaired) electrons. The maximum Gasteiger partial charge on any atom is 0.339 e. The van der Waals surface area contributed by atoms with Gasteiger partial charge < -0.3 is 4.74 Å². The summed E-state index contributed by atoms with van der Waals surface area (Å²) in [7, 11) is 1.31. The fraction of sp³-hybridized carbons (Fsp3) is 0.0714. The smallest absolute Gasteiger partial charge is 0.339 e. The largest absolute Gasteiger partial charge is 0.465 e. The number of nitrogens with zero attached hydrogens (tertiary/aromatic N) is 3. The Morgan fingerprint density at radius 1 is 1.30 bits per heavy atom. The van der Waals surface area contributed by atoms with Crippen LogP contribution in [0.15, 0.2) is 42.6 Å². The van der Waals surface area contributed by atoms with Crippen LogP contribution in [0.5, 0.6) is 0 Å². The SMILES string of the molecule is COC(=O)c1ccc2nc(-c3cccc(F)c3)nn2c1. The van der Waals surface area contributed by atoms with Crippen LogP contribution in [0.2, 0.25) is 0 Å². The molecule has 0 saturated carbocycles. The monoisotopic (exact) mass is 271 g/mol. The minimum atomic E-state index is -0.449. The molecule has 0 atom stereocenters. The third-order valence-corrected chi connectivity index (χ3v) is 2.83. The van der Waals surface area contributed by atoms with Crippen molar-refractivity contribution in [3.8, 4) is 11.4 Å². The molecular weight excluding hydrogens is 261 g/mol. The lowest BCUT2D eigenvalue weighted by molar-refractivity contribution is 0.0600. The van der Waals surface area contributed by atoms with E-state index in [0.29, 0.717) is 22.6 Å². The number of halogens is 1. The Bertz CT molecular complexity index is 798. The predicted octanol–water partition coefficient (Wildman–Crippen LogP) is 2.32. The molecule has 3 aromatic rings. The molecule has 0 spiro atoms. The van der Waals surface area contributed by atoms with Crippen molar-refractivity contribution >= 4 is 11.6 Å². The molecule has 0 aliphatic carbocycles. The van der Waals surface area contributed by atoms with E-state index < -0.39 is 5.97 Å². The minimum Gasteiger partial charge on any atom is -0.465 e. The van der Waals surface area contributed by atoms with Crippen LogP contribution in [0.4, 0.5) is 4.39 Å². The number of fused-ring (bicyclic) bond motifs is 1. The molecule has 0 aliphatic rings. The van der Waals surface area contributed by atoms with Gasteiger partial charge in [0.1, 0.15) is 5.82 Å². The van der Waals surface area contributed by atoms with Crippen molar-refractivity contribution in [3.63, 3.8) is 0 Å². The predicted molar refractivity (Wildman–Crippen MR) is 69.7 cm³/mol. The summed E-state index contributed by atoms with van der Waals surface area (Å²) < 4.78 is 19.3. The van der Waals surface area contributed by atoms with Gasteiger partial charge >= 0.3 is 5.97 Å². The van der Waals surface area contributed by atoms with Crippen molar-refractivity contribution in [1.29, 1.82) is 0 Å². The maximum absolute atomic E-state index is 13.2. The molecule has 3 rings (SSSR count). The van der Waals surface area contributed by atoms with Gasteiger partial charge in [-0.25, -0.2) is 18.7 Å². The van der Waals surface area contributed by atoms with Gasteiger partial charge in [-0.1, -0.05) is 12.1 Å². The lowest BCUT2D eigenvalue weighted by Gasteiger charge is -1.98. The Morgan fingerprint density at radius 2 is 2.15 bits per heavy atom. The standard InChI is InChI=1S/C14H10FN3O2/c1-20-14(19)10-5-6-12-16-13(17-18(12)8-10)9-3-2-4-11(15)7-9/h2-8H,1H3. The second-order valence-electron chi connectivity index (χ2n) is 4.16. The summed E-state index contributed by atoms with van der Waals surface area (Å²) in [5, 5.41) is 4.23. The zero-order valence-electron chi connectivity index (χ0n) is 10.6. The van der Waals surface area contributed by atoms with E-state index >= 15 is 0 Å². The number of benzene rings is 1. The van der Waals surface area contributed by atoms with Gasteiger partial charge in [0.05, 0.1) is 12.7 Å². The van der Waals surface area contributed by atoms with Crippen molar-refractivity contribution < 1.29 is 13.9 Å². The summed E-state index contributed by atoms with van der Waals surface area (Å²) >= 11 is 0. The molecule has 0 amide bonds. The lowest BCUT2D eigenvalue weighted by Crippen LogP contribution is -2.03. The Balaban J connectivity index is 2.09. The van der Waals surface area contributed by atoms with E-state index in [0.717, 1.165) is 0 Å². The molecule has 0 saturated heterocycles. The summed E-state index contributed by atoms with van der Waals surface area (Å²) in [6.07, 6.45) is 1.52. The molecule has 6 heteroatoms. The number of carbonyl (C=O) groups excluding carboxylic acids is 1. The first-order valence-corrected chi connectivity index (χ1v) is 5.88. The van der Waals surface area contributed by atoms with E-state index in [-0.39, 0.29) is 5.82 Å². The molecule has 2 heterocycles. The van der Waals surface area contributed by atoms with Gasteiger partial charge in [-0.15, -0.1) is 5.10 Å². The first-order chi connectivity index (χ1) is 9.67. The number of ether oxygens (including phenoxy) is 1. The third kappa shape index (κ3) is 2.11. The van der Waals surface area contributed by atoms with Gasteiger partial charge in [0.15, 0.2) is 11.5 Å². The summed E-state index contributed by atoms with van der Waals surface area (Å²) in [5.74, 6) is -0.405. The second-order valence-corrected chi connectivity index (χ2v) is 4.16. The number of carbonyl (C=O) groups is 1. The van der Waals surface area contributed by atoms with E-state index in [1.165, 1.54) is 30.0 Å². The Hall–Kier alpha value is -2.76. The molecule has 0 fully saturated rings. The highest BCUT2D eigenvalue weighted by Crippen LogP contribution is 2.17. The van der Waals surface area contributed by atoms with Crippen LogP contribution >= 0.6 is 0 Å². The molecule has 2 aromatic heterocycles. The molecule has 0 bridgehead atoms. The molecule has 20 heavy (non-hydrogen) atoms. The Morgan fingerprint density at radius 3 is 2.90 bits per heavy atom. The highest BCUT2D eigenvalue weighted by atomic mass is 19.1. The third-order valence-electron chi connectivity index (χ3n) is 2.83. The number of methoxy groups -OCH3 is 1. The first-order valence-electron chi connectivity index (χ1n) is 5.88. The molecule has 5 nitrogen and oxygen atoms in total. The maximum atomic E-state index is 13.2. The molecule has 0 N–H and O–H groups in total. The molecule has 100 valence electrons. The highest BCUT2D eigenvalue weighted by molar-refractivity contribution is 5.89. The number of pyridine rings is 1. The van der Waals surface area contributed by atoms with Crippen LogP contribution in [-0.4, -0.2) is 27.7 Å². The minimum absolute atomic E-state index is 0.350. The van der Waals surface area contributed by atoms with E-state index in [2.05, 4.69) is 14.8 Å². The van der Waals surface area contributed by atoms with Gasteiger partial charge in [-0.2, -0.15) is 0 Å². The summed E-state index contributed by atoms with van der Waals surface area (Å²) in [6.45, 7) is 0. The molecule has 1 aromatic carbocycles. The van der Waals surface area contributed by atoms with Crippen LogP contribution in [0.3, 0.4) is 0 Å². The van der Waals surface area contributed by atoms with Gasteiger partial charge in [0.25, 0.3) is 0 Å². The van der Waals surface area contributed by atoms with E-state index in [1.54, 1.807) is 24.3 Å². The van der Waals surface area contributed by atoms with E-state index in [1.807, 2.05) is 0 Å². The zero-order chi connectivity index (χ0) is 14.1. The lowest BCUT2D eigenvalue weighted by atomic mass is 10.2. The summed E-state index contributed by atoms with van der Waals surface area (Å²) in [4.78, 5) is 15.7. The summed E-state index contributed by atoms with van der Waals surface area (Å²) in [6, 6.07) is 9.28. The van der Waals surface area contributed by atoms with Crippen molar-refractivity contribution in [1.82, 2.24) is 14.6 Å². The second kappa shape index (κ2) is 4.73. The number of hydrogen-bond donors (Lipinski definition) is 0. The Labute approximate surface area is 113 Å². The van der Waals surface area contributed by atoms with Gasteiger partial charge in [0, 0.05) is 11.8 Å².